The molecule has 0 bridgehead atoms. The molecule has 27 heavy (non-hydrogen) atoms. The molecule has 0 atom stereocenters. The number of carbonyl (C=O) groups excluding carboxylic acids is 2. The lowest BCUT2D eigenvalue weighted by Gasteiger charge is -2.10. The maximum Gasteiger partial charge on any atom is 0.272 e. The number of hydrogen-bond donors (Lipinski definition) is 2. The summed E-state index contributed by atoms with van der Waals surface area (Å²) < 4.78 is 29.2. The highest BCUT2D eigenvalue weighted by Crippen LogP contribution is 2.25. The van der Waals surface area contributed by atoms with Crippen molar-refractivity contribution in [2.75, 3.05) is 11.9 Å². The van der Waals surface area contributed by atoms with Crippen LogP contribution in [0, 0.1) is 0 Å². The van der Waals surface area contributed by atoms with E-state index >= 15 is 0 Å². The average Bonchev–Trinajstić information content (AvgIpc) is 2.65. The maximum absolute atomic E-state index is 12.3. The minimum absolute atomic E-state index is 0.150. The minimum Gasteiger partial charge on any atom is -0.486 e. The van der Waals surface area contributed by atoms with Crippen molar-refractivity contribution < 1.29 is 23.1 Å². The number of halogens is 3. The van der Waals surface area contributed by atoms with Gasteiger partial charge in [-0.15, -0.1) is 0 Å². The number of hydrogen-bond acceptors (Lipinski definition) is 4. The Morgan fingerprint density at radius 3 is 2.70 bits per heavy atom. The fourth-order valence-electron chi connectivity index (χ4n) is 2.08. The van der Waals surface area contributed by atoms with E-state index < -0.39 is 13.0 Å². The Morgan fingerprint density at radius 2 is 2.04 bits per heavy atom. The summed E-state index contributed by atoms with van der Waals surface area (Å²) in [5.41, 5.74) is 1.01. The van der Waals surface area contributed by atoms with Gasteiger partial charge in [-0.3, -0.25) is 9.59 Å². The van der Waals surface area contributed by atoms with E-state index in [0.29, 0.717) is 17.5 Å². The Morgan fingerprint density at radius 1 is 1.26 bits per heavy atom. The van der Waals surface area contributed by atoms with Gasteiger partial charge in [-0.2, -0.15) is 0 Å². The van der Waals surface area contributed by atoms with Gasteiger partial charge < -0.3 is 15.4 Å². The van der Waals surface area contributed by atoms with Gasteiger partial charge in [0.1, 0.15) is 18.2 Å². The molecule has 1 aromatic heterocycles. The number of ether oxygens (including phenoxy) is 1. The van der Waals surface area contributed by atoms with E-state index in [2.05, 4.69) is 15.6 Å². The number of anilines is 1. The summed E-state index contributed by atoms with van der Waals surface area (Å²) in [6, 6.07) is 7.61. The van der Waals surface area contributed by atoms with Gasteiger partial charge in [0.2, 0.25) is 5.91 Å². The van der Waals surface area contributed by atoms with E-state index in [0.717, 1.165) is 0 Å². The van der Waals surface area contributed by atoms with Crippen molar-refractivity contribution >= 4 is 29.2 Å². The zero-order chi connectivity index (χ0) is 19.8. The predicted molar refractivity (Wildman–Crippen MR) is 97.3 cm³/mol. The van der Waals surface area contributed by atoms with Crippen LogP contribution >= 0.6 is 11.6 Å². The van der Waals surface area contributed by atoms with Crippen LogP contribution in [0.25, 0.3) is 0 Å². The zero-order valence-electron chi connectivity index (χ0n) is 14.5. The first-order valence-corrected chi connectivity index (χ1v) is 8.50. The van der Waals surface area contributed by atoms with Crippen molar-refractivity contribution in [3.63, 3.8) is 0 Å². The van der Waals surface area contributed by atoms with Crippen molar-refractivity contribution in [1.29, 1.82) is 0 Å². The normalized spacial score (nSPS) is 10.6. The van der Waals surface area contributed by atoms with E-state index in [4.69, 9.17) is 16.3 Å². The topological polar surface area (TPSA) is 80.3 Å². The number of benzene rings is 1. The maximum atomic E-state index is 12.3. The van der Waals surface area contributed by atoms with Crippen LogP contribution in [-0.2, 0) is 11.3 Å². The number of pyridine rings is 1. The Kier molecular flexibility index (Phi) is 7.48. The van der Waals surface area contributed by atoms with Gasteiger partial charge in [0.05, 0.1) is 5.02 Å². The first kappa shape index (κ1) is 20.6. The van der Waals surface area contributed by atoms with Crippen LogP contribution < -0.4 is 15.4 Å². The van der Waals surface area contributed by atoms with Crippen molar-refractivity contribution in [2.24, 2.45) is 0 Å². The third-order valence-electron chi connectivity index (χ3n) is 3.42. The molecule has 1 aromatic carbocycles. The first-order chi connectivity index (χ1) is 12.9. The molecule has 0 aliphatic heterocycles. The van der Waals surface area contributed by atoms with Gasteiger partial charge in [0, 0.05) is 24.7 Å². The van der Waals surface area contributed by atoms with E-state index in [1.54, 1.807) is 13.0 Å². The van der Waals surface area contributed by atoms with Crippen molar-refractivity contribution in [2.45, 2.75) is 26.3 Å². The average molecular weight is 398 g/mol. The second-order valence-corrected chi connectivity index (χ2v) is 5.89. The summed E-state index contributed by atoms with van der Waals surface area (Å²) in [5, 5.41) is 5.46. The van der Waals surface area contributed by atoms with Crippen LogP contribution in [0.3, 0.4) is 0 Å². The van der Waals surface area contributed by atoms with Gasteiger partial charge in [-0.05, 0) is 29.8 Å². The molecule has 144 valence electrons. The molecule has 9 heteroatoms. The van der Waals surface area contributed by atoms with Crippen LogP contribution in [0.5, 0.6) is 5.75 Å². The summed E-state index contributed by atoms with van der Waals surface area (Å²) >= 11 is 6.00. The lowest BCUT2D eigenvalue weighted by atomic mass is 10.2. The molecule has 0 unspecified atom stereocenters. The SMILES string of the molecule is CCC(=O)Nc1cc(C(=O)NCc2ccc(OCC(F)F)c(Cl)c2)ccn1. The monoisotopic (exact) mass is 397 g/mol. The number of nitrogens with zero attached hydrogens (tertiary/aromatic N) is 1. The van der Waals surface area contributed by atoms with Crippen LogP contribution in [-0.4, -0.2) is 29.8 Å². The molecule has 0 fully saturated rings. The van der Waals surface area contributed by atoms with Crippen molar-refractivity contribution in [1.82, 2.24) is 10.3 Å². The molecule has 0 aliphatic carbocycles. The number of rotatable bonds is 8. The van der Waals surface area contributed by atoms with E-state index in [1.165, 1.54) is 30.5 Å². The molecule has 2 rings (SSSR count). The number of nitrogens with one attached hydrogen (secondary N) is 2. The summed E-state index contributed by atoms with van der Waals surface area (Å²) in [4.78, 5) is 27.6. The molecule has 2 aromatic rings. The lowest BCUT2D eigenvalue weighted by Crippen LogP contribution is -2.23. The minimum atomic E-state index is -2.59. The molecule has 0 saturated carbocycles. The van der Waals surface area contributed by atoms with E-state index in [-0.39, 0.29) is 34.9 Å². The van der Waals surface area contributed by atoms with Crippen LogP contribution in [0.2, 0.25) is 5.02 Å². The Balaban J connectivity index is 1.96. The zero-order valence-corrected chi connectivity index (χ0v) is 15.2. The quantitative estimate of drug-likeness (QED) is 0.712. The Labute approximate surface area is 159 Å². The number of amides is 2. The lowest BCUT2D eigenvalue weighted by molar-refractivity contribution is -0.115. The van der Waals surface area contributed by atoms with Gasteiger partial charge in [-0.1, -0.05) is 24.6 Å². The molecular formula is C18H18ClF2N3O3. The van der Waals surface area contributed by atoms with Crippen LogP contribution in [0.15, 0.2) is 36.5 Å². The molecule has 0 aliphatic rings. The Bertz CT molecular complexity index is 818. The van der Waals surface area contributed by atoms with Crippen LogP contribution in [0.4, 0.5) is 14.6 Å². The second-order valence-electron chi connectivity index (χ2n) is 5.48. The van der Waals surface area contributed by atoms with Gasteiger partial charge in [-0.25, -0.2) is 13.8 Å². The van der Waals surface area contributed by atoms with Gasteiger partial charge in [0.15, 0.2) is 0 Å². The summed E-state index contributed by atoms with van der Waals surface area (Å²) in [6.07, 6.45) is -0.866. The third kappa shape index (κ3) is 6.49. The largest absolute Gasteiger partial charge is 0.486 e. The fourth-order valence-corrected chi connectivity index (χ4v) is 2.34. The van der Waals surface area contributed by atoms with Crippen LogP contribution in [0.1, 0.15) is 29.3 Å². The highest BCUT2D eigenvalue weighted by atomic mass is 35.5. The molecule has 6 nitrogen and oxygen atoms in total. The second kappa shape index (κ2) is 9.82. The standard InChI is InChI=1S/C18H18ClF2N3O3/c1-2-17(25)24-16-8-12(5-6-22-16)18(26)23-9-11-3-4-14(13(19)7-11)27-10-15(20)21/h3-8,15H,2,9-10H2,1H3,(H,23,26)(H,22,24,25). The molecule has 0 saturated heterocycles. The third-order valence-corrected chi connectivity index (χ3v) is 3.72. The smallest absolute Gasteiger partial charge is 0.272 e. The van der Waals surface area contributed by atoms with E-state index in [9.17, 15) is 18.4 Å². The Hall–Kier alpha value is -2.74. The summed E-state index contributed by atoms with van der Waals surface area (Å²) in [5.74, 6) is -0.127. The highest BCUT2D eigenvalue weighted by molar-refractivity contribution is 6.32. The fraction of sp³-hybridized carbons (Fsp3) is 0.278. The molecule has 2 N–H and O–H groups in total. The van der Waals surface area contributed by atoms with Crippen molar-refractivity contribution in [3.8, 4) is 5.75 Å². The number of alkyl halides is 2. The molecule has 1 heterocycles. The van der Waals surface area contributed by atoms with Gasteiger partial charge in [0.25, 0.3) is 12.3 Å². The first-order valence-electron chi connectivity index (χ1n) is 8.12. The molecule has 0 spiro atoms. The van der Waals surface area contributed by atoms with Crippen molar-refractivity contribution in [3.05, 3.63) is 52.7 Å². The van der Waals surface area contributed by atoms with E-state index in [1.807, 2.05) is 0 Å². The highest BCUT2D eigenvalue weighted by Gasteiger charge is 2.10. The summed E-state index contributed by atoms with van der Waals surface area (Å²) in [7, 11) is 0. The number of carbonyl (C=O) groups is 2. The summed E-state index contributed by atoms with van der Waals surface area (Å²) in [6.45, 7) is 1.14. The predicted octanol–water partition coefficient (Wildman–Crippen LogP) is 3.66. The molecular weight excluding hydrogens is 380 g/mol. The molecule has 2 amide bonds. The van der Waals surface area contributed by atoms with Gasteiger partial charge >= 0.3 is 0 Å². The molecule has 0 radical (unpaired) electrons. The number of aromatic nitrogens is 1.